The van der Waals surface area contributed by atoms with Crippen molar-refractivity contribution in [3.8, 4) is 0 Å². The molecule has 42 heavy (non-hydrogen) atoms. The van der Waals surface area contributed by atoms with Crippen LogP contribution in [0.3, 0.4) is 0 Å². The van der Waals surface area contributed by atoms with Gasteiger partial charge in [0.15, 0.2) is 12.1 Å². The van der Waals surface area contributed by atoms with E-state index in [0.29, 0.717) is 19.3 Å². The van der Waals surface area contributed by atoms with Gasteiger partial charge >= 0.3 is 0 Å². The lowest BCUT2D eigenvalue weighted by atomic mass is 9.81. The zero-order valence-corrected chi connectivity index (χ0v) is 25.6. The molecule has 0 aromatic heterocycles. The molecule has 7 unspecified atom stereocenters. The SMILES string of the molecule is CC(C)/C=C/[C@@H](C[C@@H]1O[C@](O)(C[C@@H](O)C(C)C)C[C@H](O)[C@H]1C(=O)NC1CCCC(O)C1)OC1OC(C)C(O)C(N)C1O. The molecule has 12 nitrogen and oxygen atoms in total. The number of amides is 1. The van der Waals surface area contributed by atoms with Crippen LogP contribution >= 0.6 is 0 Å². The highest BCUT2D eigenvalue weighted by molar-refractivity contribution is 5.80. The fourth-order valence-corrected chi connectivity index (χ4v) is 6.04. The lowest BCUT2D eigenvalue weighted by Gasteiger charge is -2.46. The molecule has 12 heteroatoms. The number of allylic oxidation sites excluding steroid dienone is 1. The van der Waals surface area contributed by atoms with E-state index < -0.39 is 78.8 Å². The molecule has 3 fully saturated rings. The van der Waals surface area contributed by atoms with Gasteiger partial charge in [-0.1, -0.05) is 39.8 Å². The number of ether oxygens (including phenoxy) is 3. The van der Waals surface area contributed by atoms with Crippen LogP contribution < -0.4 is 11.1 Å². The molecule has 244 valence electrons. The summed E-state index contributed by atoms with van der Waals surface area (Å²) in [4.78, 5) is 13.6. The van der Waals surface area contributed by atoms with Gasteiger partial charge in [-0.05, 0) is 44.4 Å². The van der Waals surface area contributed by atoms with Crippen molar-refractivity contribution >= 4 is 5.91 Å². The van der Waals surface area contributed by atoms with Gasteiger partial charge in [0.2, 0.25) is 5.91 Å². The van der Waals surface area contributed by atoms with Crippen LogP contribution in [0.15, 0.2) is 12.2 Å². The molecule has 2 heterocycles. The van der Waals surface area contributed by atoms with Crippen LogP contribution in [0.4, 0.5) is 0 Å². The van der Waals surface area contributed by atoms with Crippen molar-refractivity contribution in [1.82, 2.24) is 5.32 Å². The van der Waals surface area contributed by atoms with Gasteiger partial charge in [0.25, 0.3) is 0 Å². The first-order valence-corrected chi connectivity index (χ1v) is 15.5. The van der Waals surface area contributed by atoms with Gasteiger partial charge in [0, 0.05) is 25.3 Å². The number of hydrogen-bond acceptors (Lipinski definition) is 11. The minimum atomic E-state index is -1.90. The number of carbonyl (C=O) groups excluding carboxylic acids is 1. The zero-order valence-electron chi connectivity index (χ0n) is 25.6. The van der Waals surface area contributed by atoms with Gasteiger partial charge in [-0.15, -0.1) is 0 Å². The molecule has 3 aliphatic rings. The smallest absolute Gasteiger partial charge is 0.228 e. The Bertz CT molecular complexity index is 890. The minimum Gasteiger partial charge on any atom is -0.393 e. The number of carbonyl (C=O) groups is 1. The highest BCUT2D eigenvalue weighted by Gasteiger charge is 2.51. The van der Waals surface area contributed by atoms with Crippen LogP contribution in [0.5, 0.6) is 0 Å². The first-order chi connectivity index (χ1) is 19.6. The molecule has 9 N–H and O–H groups in total. The molecule has 2 saturated heterocycles. The molecule has 0 radical (unpaired) electrons. The third kappa shape index (κ3) is 9.40. The molecule has 0 aromatic rings. The van der Waals surface area contributed by atoms with Crippen molar-refractivity contribution in [3.63, 3.8) is 0 Å². The van der Waals surface area contributed by atoms with Crippen molar-refractivity contribution in [3.05, 3.63) is 12.2 Å². The Morgan fingerprint density at radius 2 is 1.81 bits per heavy atom. The minimum absolute atomic E-state index is 0.00943. The monoisotopic (exact) mass is 602 g/mol. The summed E-state index contributed by atoms with van der Waals surface area (Å²) in [6, 6.07) is -1.26. The summed E-state index contributed by atoms with van der Waals surface area (Å²) in [7, 11) is 0. The Morgan fingerprint density at radius 1 is 1.12 bits per heavy atom. The second kappa shape index (κ2) is 15.2. The van der Waals surface area contributed by atoms with Crippen LogP contribution in [-0.4, -0.2) is 110 Å². The third-order valence-electron chi connectivity index (χ3n) is 8.69. The zero-order chi connectivity index (χ0) is 31.4. The number of aliphatic hydroxyl groups excluding tert-OH is 5. The molecule has 1 aliphatic carbocycles. The summed E-state index contributed by atoms with van der Waals surface area (Å²) in [6.45, 7) is 9.16. The first-order valence-electron chi connectivity index (χ1n) is 15.5. The molecular formula is C30H54N2O10. The Kier molecular flexibility index (Phi) is 12.8. The quantitative estimate of drug-likeness (QED) is 0.148. The number of rotatable bonds is 11. The molecule has 13 atom stereocenters. The van der Waals surface area contributed by atoms with Crippen LogP contribution in [0.25, 0.3) is 0 Å². The average molecular weight is 603 g/mol. The van der Waals surface area contributed by atoms with Crippen LogP contribution in [0.1, 0.15) is 79.6 Å². The van der Waals surface area contributed by atoms with Crippen LogP contribution in [0, 0.1) is 17.8 Å². The Balaban J connectivity index is 1.88. The topological polar surface area (TPSA) is 204 Å². The Morgan fingerprint density at radius 3 is 2.43 bits per heavy atom. The Hall–Kier alpha value is -1.19. The average Bonchev–Trinajstić information content (AvgIpc) is 2.88. The van der Waals surface area contributed by atoms with Crippen molar-refractivity contribution in [2.24, 2.45) is 23.5 Å². The summed E-state index contributed by atoms with van der Waals surface area (Å²) >= 11 is 0. The highest BCUT2D eigenvalue weighted by atomic mass is 16.7. The van der Waals surface area contributed by atoms with Crippen LogP contribution in [-0.2, 0) is 19.0 Å². The number of aliphatic hydroxyl groups is 6. The maximum Gasteiger partial charge on any atom is 0.228 e. The van der Waals surface area contributed by atoms with Gasteiger partial charge in [0.05, 0.1) is 54.7 Å². The lowest BCUT2D eigenvalue weighted by molar-refractivity contribution is -0.307. The van der Waals surface area contributed by atoms with E-state index in [0.717, 1.165) is 6.42 Å². The second-order valence-electron chi connectivity index (χ2n) is 13.2. The number of hydrogen-bond donors (Lipinski definition) is 8. The predicted octanol–water partition coefficient (Wildman–Crippen LogP) is 0.0491. The van der Waals surface area contributed by atoms with Gasteiger partial charge in [-0.3, -0.25) is 4.79 Å². The maximum atomic E-state index is 13.6. The fraction of sp³-hybridized carbons (Fsp3) is 0.900. The van der Waals surface area contributed by atoms with Gasteiger partial charge < -0.3 is 55.9 Å². The van der Waals surface area contributed by atoms with E-state index >= 15 is 0 Å². The maximum absolute atomic E-state index is 13.6. The molecule has 0 bridgehead atoms. The second-order valence-corrected chi connectivity index (χ2v) is 13.2. The summed E-state index contributed by atoms with van der Waals surface area (Å²) < 4.78 is 18.0. The molecular weight excluding hydrogens is 548 g/mol. The molecule has 1 saturated carbocycles. The van der Waals surface area contributed by atoms with E-state index in [1.807, 2.05) is 19.9 Å². The summed E-state index contributed by atoms with van der Waals surface area (Å²) in [5.41, 5.74) is 6.01. The van der Waals surface area contributed by atoms with Crippen molar-refractivity contribution in [2.45, 2.75) is 153 Å². The van der Waals surface area contributed by atoms with Gasteiger partial charge in [0.1, 0.15) is 6.10 Å². The molecule has 0 spiro atoms. The van der Waals surface area contributed by atoms with Crippen molar-refractivity contribution in [1.29, 1.82) is 0 Å². The van der Waals surface area contributed by atoms with Gasteiger partial charge in [-0.2, -0.15) is 0 Å². The largest absolute Gasteiger partial charge is 0.393 e. The number of nitrogens with one attached hydrogen (secondary N) is 1. The van der Waals surface area contributed by atoms with E-state index in [9.17, 15) is 35.4 Å². The molecule has 1 amide bonds. The summed E-state index contributed by atoms with van der Waals surface area (Å²) in [5, 5.41) is 67.2. The Labute approximate surface area is 249 Å². The highest BCUT2D eigenvalue weighted by Crippen LogP contribution is 2.38. The standard InChI is InChI=1S/C30H54N2O10/c1-15(2)9-10-20(41-29-27(37)25(31)26(36)17(5)40-29)12-23-24(28(38)32-18-7-6-8-19(33)11-18)22(35)14-30(39,42-23)13-21(34)16(3)4/h9-10,15-27,29,33-37,39H,6-8,11-14,31H2,1-5H3,(H,32,38)/b10-9+/t17?,18?,19?,20-,21+,22-,23-,24+,25?,26?,27?,29?,30+/m0/s1. The van der Waals surface area contributed by atoms with E-state index in [2.05, 4.69) is 5.32 Å². The predicted molar refractivity (Wildman–Crippen MR) is 154 cm³/mol. The fourth-order valence-electron chi connectivity index (χ4n) is 6.04. The first kappa shape index (κ1) is 35.3. The molecule has 2 aliphatic heterocycles. The van der Waals surface area contributed by atoms with E-state index in [4.69, 9.17) is 19.9 Å². The normalized spacial score (nSPS) is 41.3. The van der Waals surface area contributed by atoms with Gasteiger partial charge in [-0.25, -0.2) is 0 Å². The van der Waals surface area contributed by atoms with E-state index in [-0.39, 0.29) is 37.1 Å². The van der Waals surface area contributed by atoms with Crippen molar-refractivity contribution in [2.75, 3.05) is 0 Å². The summed E-state index contributed by atoms with van der Waals surface area (Å²) in [6.07, 6.45) is -3.16. The summed E-state index contributed by atoms with van der Waals surface area (Å²) in [5.74, 6) is -3.50. The van der Waals surface area contributed by atoms with Crippen LogP contribution in [0.2, 0.25) is 0 Å². The molecule has 3 rings (SSSR count). The van der Waals surface area contributed by atoms with Crippen molar-refractivity contribution < 1.29 is 49.6 Å². The lowest BCUT2D eigenvalue weighted by Crippen LogP contribution is -2.62. The molecule has 0 aromatic carbocycles. The van der Waals surface area contributed by atoms with E-state index in [1.165, 1.54) is 0 Å². The van der Waals surface area contributed by atoms with E-state index in [1.54, 1.807) is 26.8 Å². The third-order valence-corrected chi connectivity index (χ3v) is 8.69. The number of nitrogens with two attached hydrogens (primary N) is 1.